The van der Waals surface area contributed by atoms with Gasteiger partial charge >= 0.3 is 5.97 Å². The second-order valence-corrected chi connectivity index (χ2v) is 10.8. The first-order valence-corrected chi connectivity index (χ1v) is 14.2. The number of rotatable bonds is 9. The molecule has 2 aliphatic heterocycles. The van der Waals surface area contributed by atoms with Crippen LogP contribution in [0.5, 0.6) is 0 Å². The zero-order valence-corrected chi connectivity index (χ0v) is 23.0. The van der Waals surface area contributed by atoms with Crippen molar-refractivity contribution in [3.8, 4) is 0 Å². The van der Waals surface area contributed by atoms with Crippen LogP contribution in [-0.4, -0.2) is 69.8 Å². The Labute approximate surface area is 239 Å². The predicted octanol–water partition coefficient (Wildman–Crippen LogP) is 4.57. The highest BCUT2D eigenvalue weighted by molar-refractivity contribution is 7.99. The summed E-state index contributed by atoms with van der Waals surface area (Å²) in [5, 5.41) is 0.774. The molecular formula is C31H25N3O6S. The number of nitrogens with one attached hydrogen (secondary N) is 1. The normalized spacial score (nSPS) is 14.3. The fourth-order valence-electron chi connectivity index (χ4n) is 5.32. The molecule has 41 heavy (non-hydrogen) atoms. The van der Waals surface area contributed by atoms with Crippen molar-refractivity contribution >= 4 is 52.3 Å². The zero-order valence-electron chi connectivity index (χ0n) is 22.1. The van der Waals surface area contributed by atoms with Crippen LogP contribution >= 0.6 is 11.8 Å². The van der Waals surface area contributed by atoms with E-state index in [1.807, 2.05) is 18.2 Å². The number of aromatic amines is 1. The smallest absolute Gasteiger partial charge is 0.355 e. The Morgan fingerprint density at radius 1 is 0.780 bits per heavy atom. The van der Waals surface area contributed by atoms with Gasteiger partial charge in [0.2, 0.25) is 0 Å². The van der Waals surface area contributed by atoms with Crippen LogP contribution in [-0.2, 0) is 11.2 Å². The highest BCUT2D eigenvalue weighted by Gasteiger charge is 2.36. The number of hydrogen-bond acceptors (Lipinski definition) is 7. The quantitative estimate of drug-likeness (QED) is 0.179. The Morgan fingerprint density at radius 3 is 1.85 bits per heavy atom. The summed E-state index contributed by atoms with van der Waals surface area (Å²) >= 11 is 1.48. The van der Waals surface area contributed by atoms with Crippen LogP contribution in [0.25, 0.3) is 10.9 Å². The number of amides is 4. The molecule has 9 nitrogen and oxygen atoms in total. The molecule has 3 aromatic carbocycles. The van der Waals surface area contributed by atoms with Gasteiger partial charge in [-0.25, -0.2) is 4.79 Å². The van der Waals surface area contributed by atoms with Crippen molar-refractivity contribution in [2.24, 2.45) is 0 Å². The van der Waals surface area contributed by atoms with Gasteiger partial charge in [-0.1, -0.05) is 24.3 Å². The molecule has 2 aliphatic rings. The third-order valence-corrected chi connectivity index (χ3v) is 8.26. The van der Waals surface area contributed by atoms with Gasteiger partial charge in [-0.3, -0.25) is 29.0 Å². The summed E-state index contributed by atoms with van der Waals surface area (Å²) in [5.74, 6) is -1.32. The number of fused-ring (bicyclic) bond motifs is 3. The first-order valence-electron chi connectivity index (χ1n) is 13.2. The van der Waals surface area contributed by atoms with Crippen molar-refractivity contribution < 1.29 is 28.7 Å². The monoisotopic (exact) mass is 567 g/mol. The number of aromatic nitrogens is 1. The van der Waals surface area contributed by atoms with Gasteiger partial charge in [-0.2, -0.15) is 0 Å². The molecule has 0 atom stereocenters. The second-order valence-electron chi connectivity index (χ2n) is 9.62. The molecule has 0 unspecified atom stereocenters. The largest absolute Gasteiger partial charge is 0.461 e. The van der Waals surface area contributed by atoms with E-state index < -0.39 is 5.97 Å². The van der Waals surface area contributed by atoms with Crippen molar-refractivity contribution in [2.75, 3.05) is 25.4 Å². The second kappa shape index (κ2) is 10.7. The van der Waals surface area contributed by atoms with E-state index in [0.717, 1.165) is 15.8 Å². The standard InChI is InChI=1S/C31H25N3O6S/c1-2-40-31(39)26-19(13-14-33-27(35)20-7-3-4-8-21(20)28(33)36)24-17-18(11-12-25(24)32-26)41-16-15-34-29(37)22-9-5-6-10-23(22)30(34)38/h3-12,17,32H,2,13-16H2,1H3. The van der Waals surface area contributed by atoms with Gasteiger partial charge < -0.3 is 9.72 Å². The van der Waals surface area contributed by atoms with Crippen LogP contribution in [0.15, 0.2) is 71.6 Å². The minimum Gasteiger partial charge on any atom is -0.461 e. The molecule has 4 aromatic rings. The maximum Gasteiger partial charge on any atom is 0.355 e. The van der Waals surface area contributed by atoms with Gasteiger partial charge in [-0.15, -0.1) is 11.8 Å². The maximum absolute atomic E-state index is 12.9. The highest BCUT2D eigenvalue weighted by Crippen LogP contribution is 2.31. The van der Waals surface area contributed by atoms with Gasteiger partial charge in [0.1, 0.15) is 5.69 Å². The first-order chi connectivity index (χ1) is 19.9. The van der Waals surface area contributed by atoms with Crippen LogP contribution < -0.4 is 0 Å². The van der Waals surface area contributed by atoms with Crippen LogP contribution in [0, 0.1) is 0 Å². The van der Waals surface area contributed by atoms with E-state index in [4.69, 9.17) is 4.74 Å². The van der Waals surface area contributed by atoms with Gasteiger partial charge in [0.15, 0.2) is 0 Å². The molecule has 0 saturated carbocycles. The van der Waals surface area contributed by atoms with Gasteiger partial charge in [0.25, 0.3) is 23.6 Å². The van der Waals surface area contributed by atoms with E-state index in [0.29, 0.717) is 33.6 Å². The van der Waals surface area contributed by atoms with Gasteiger partial charge in [0.05, 0.1) is 28.9 Å². The van der Waals surface area contributed by atoms with E-state index in [1.165, 1.54) is 21.6 Å². The number of nitrogens with zero attached hydrogens (tertiary/aromatic N) is 2. The lowest BCUT2D eigenvalue weighted by Crippen LogP contribution is -2.32. The number of carbonyl (C=O) groups is 5. The van der Waals surface area contributed by atoms with Crippen molar-refractivity contribution in [1.29, 1.82) is 0 Å². The first kappa shape index (κ1) is 26.5. The molecule has 6 rings (SSSR count). The lowest BCUT2D eigenvalue weighted by atomic mass is 10.1. The molecule has 4 amide bonds. The van der Waals surface area contributed by atoms with Crippen LogP contribution in [0.3, 0.4) is 0 Å². The zero-order chi connectivity index (χ0) is 28.7. The molecule has 10 heteroatoms. The van der Waals surface area contributed by atoms with Gasteiger partial charge in [0, 0.05) is 34.6 Å². The van der Waals surface area contributed by atoms with E-state index in [9.17, 15) is 24.0 Å². The average Bonchev–Trinajstić information content (AvgIpc) is 3.56. The minimum atomic E-state index is -0.513. The molecule has 0 aliphatic carbocycles. The number of esters is 1. The number of H-pyrrole nitrogens is 1. The highest BCUT2D eigenvalue weighted by atomic mass is 32.2. The average molecular weight is 568 g/mol. The third-order valence-electron chi connectivity index (χ3n) is 7.28. The Kier molecular flexibility index (Phi) is 6.92. The van der Waals surface area contributed by atoms with E-state index >= 15 is 0 Å². The minimum absolute atomic E-state index is 0.100. The molecule has 0 bridgehead atoms. The van der Waals surface area contributed by atoms with Crippen molar-refractivity contribution in [2.45, 2.75) is 18.2 Å². The number of imide groups is 2. The molecule has 206 valence electrons. The van der Waals surface area contributed by atoms with Gasteiger partial charge in [-0.05, 0) is 61.4 Å². The molecule has 0 spiro atoms. The lowest BCUT2D eigenvalue weighted by molar-refractivity contribution is 0.0518. The molecule has 1 aromatic heterocycles. The van der Waals surface area contributed by atoms with E-state index in [-0.39, 0.29) is 55.4 Å². The maximum atomic E-state index is 12.9. The Balaban J connectivity index is 1.21. The molecule has 0 fully saturated rings. The van der Waals surface area contributed by atoms with Crippen LogP contribution in [0.1, 0.15) is 64.4 Å². The molecule has 0 radical (unpaired) electrons. The predicted molar refractivity (Wildman–Crippen MR) is 152 cm³/mol. The van der Waals surface area contributed by atoms with E-state index in [1.54, 1.807) is 55.5 Å². The fraction of sp³-hybridized carbons (Fsp3) is 0.194. The third kappa shape index (κ3) is 4.59. The SMILES string of the molecule is CCOC(=O)c1[nH]c2ccc(SCCN3C(=O)c4ccccc4C3=O)cc2c1CCN1C(=O)c2ccccc2C1=O. The van der Waals surface area contributed by atoms with E-state index in [2.05, 4.69) is 4.98 Å². The van der Waals surface area contributed by atoms with Crippen molar-refractivity contribution in [3.63, 3.8) is 0 Å². The summed E-state index contributed by atoms with van der Waals surface area (Å²) < 4.78 is 5.27. The number of carbonyl (C=O) groups excluding carboxylic acids is 5. The van der Waals surface area contributed by atoms with Crippen molar-refractivity contribution in [1.82, 2.24) is 14.8 Å². The Hall–Kier alpha value is -4.70. The topological polar surface area (TPSA) is 117 Å². The summed E-state index contributed by atoms with van der Waals surface area (Å²) in [5.41, 5.74) is 3.24. The summed E-state index contributed by atoms with van der Waals surface area (Å²) in [6.45, 7) is 2.28. The van der Waals surface area contributed by atoms with Crippen LogP contribution in [0.4, 0.5) is 0 Å². The molecule has 0 saturated heterocycles. The van der Waals surface area contributed by atoms with Crippen LogP contribution in [0.2, 0.25) is 0 Å². The number of thioether (sulfide) groups is 1. The lowest BCUT2D eigenvalue weighted by Gasteiger charge is -2.14. The number of ether oxygens (including phenoxy) is 1. The summed E-state index contributed by atoms with van der Waals surface area (Å²) in [4.78, 5) is 70.5. The number of benzene rings is 3. The molecule has 3 heterocycles. The number of hydrogen-bond donors (Lipinski definition) is 1. The Morgan fingerprint density at radius 2 is 1.32 bits per heavy atom. The molecule has 1 N–H and O–H groups in total. The summed E-state index contributed by atoms with van der Waals surface area (Å²) in [7, 11) is 0. The van der Waals surface area contributed by atoms with Crippen molar-refractivity contribution in [3.05, 3.63) is 100 Å². The summed E-state index contributed by atoms with van der Waals surface area (Å²) in [6, 6.07) is 19.2. The Bertz CT molecular complexity index is 1690. The summed E-state index contributed by atoms with van der Waals surface area (Å²) in [6.07, 6.45) is 0.253. The molecular weight excluding hydrogens is 542 g/mol. The fourth-order valence-corrected chi connectivity index (χ4v) is 6.19.